The van der Waals surface area contributed by atoms with Crippen molar-refractivity contribution in [2.45, 2.75) is 6.42 Å². The molecule has 1 heterocycles. The van der Waals surface area contributed by atoms with Gasteiger partial charge in [-0.1, -0.05) is 0 Å². The molecule has 4 aromatic rings. The number of para-hydroxylation sites is 1. The van der Waals surface area contributed by atoms with Gasteiger partial charge in [0.15, 0.2) is 0 Å². The van der Waals surface area contributed by atoms with E-state index < -0.39 is 7.26 Å². The van der Waals surface area contributed by atoms with Crippen molar-refractivity contribution in [3.8, 4) is 0 Å². The first-order valence-corrected chi connectivity index (χ1v) is 13.0. The molecule has 31 heavy (non-hydrogen) atoms. The van der Waals surface area contributed by atoms with E-state index in [2.05, 4.69) is 109 Å². The summed E-state index contributed by atoms with van der Waals surface area (Å²) in [5.74, 6) is 0.216. The van der Waals surface area contributed by atoms with Gasteiger partial charge in [-0.05, 0) is 0 Å². The van der Waals surface area contributed by atoms with Crippen LogP contribution in [-0.2, 0) is 11.2 Å². The molecule has 0 aliphatic carbocycles. The van der Waals surface area contributed by atoms with Crippen molar-refractivity contribution in [2.75, 3.05) is 17.6 Å². The van der Waals surface area contributed by atoms with E-state index in [1.54, 1.807) is 0 Å². The molecule has 1 amide bonds. The monoisotopic (exact) mass is 423 g/mol. The number of hydrogen-bond acceptors (Lipinski definition) is 1. The Labute approximate surface area is 184 Å². The number of amides is 1. The average molecular weight is 423 g/mol. The van der Waals surface area contributed by atoms with Crippen molar-refractivity contribution in [2.24, 2.45) is 0 Å². The fourth-order valence-electron chi connectivity index (χ4n) is 4.89. The molecule has 2 nitrogen and oxygen atoms in total. The predicted molar refractivity (Wildman–Crippen MR) is 134 cm³/mol. The van der Waals surface area contributed by atoms with Crippen LogP contribution in [0.2, 0.25) is 0 Å². The van der Waals surface area contributed by atoms with Crippen molar-refractivity contribution >= 4 is 34.8 Å². The number of carbonyl (C=O) groups is 1. The summed E-state index contributed by atoms with van der Waals surface area (Å²) in [5.41, 5.74) is 2.34. The van der Waals surface area contributed by atoms with E-state index in [0.717, 1.165) is 18.7 Å². The van der Waals surface area contributed by atoms with Crippen LogP contribution in [0.5, 0.6) is 0 Å². The van der Waals surface area contributed by atoms with E-state index in [-0.39, 0.29) is 5.91 Å². The number of carbonyl (C=O) groups excluding carboxylic acids is 1. The molecular formula is C28H26NOP. The van der Waals surface area contributed by atoms with Crippen LogP contribution in [0.3, 0.4) is 0 Å². The fourth-order valence-corrected chi connectivity index (χ4v) is 9.44. The summed E-state index contributed by atoms with van der Waals surface area (Å²) in [4.78, 5) is 15.9. The Bertz CT molecular complexity index is 1080. The number of rotatable bonds is 5. The van der Waals surface area contributed by atoms with E-state index in [4.69, 9.17) is 0 Å². The first kappa shape index (κ1) is 19.7. The molecule has 0 N–H and O–H groups in total. The van der Waals surface area contributed by atoms with Crippen molar-refractivity contribution in [3.63, 3.8) is 0 Å². The van der Waals surface area contributed by atoms with Gasteiger partial charge in [-0.25, -0.2) is 0 Å². The first-order valence-electron chi connectivity index (χ1n) is 10.8. The third kappa shape index (κ3) is 3.58. The average Bonchev–Trinajstić information content (AvgIpc) is 3.29. The summed E-state index contributed by atoms with van der Waals surface area (Å²) in [6, 6.07) is 40.3. The Kier molecular flexibility index (Phi) is 5.40. The van der Waals surface area contributed by atoms with E-state index in [1.807, 2.05) is 11.0 Å². The molecular weight excluding hydrogens is 397 g/mol. The van der Waals surface area contributed by atoms with Gasteiger partial charge in [-0.15, -0.1) is 0 Å². The molecule has 0 unspecified atom stereocenters. The summed E-state index contributed by atoms with van der Waals surface area (Å²) in [6.07, 6.45) is 1.44. The van der Waals surface area contributed by atoms with Crippen molar-refractivity contribution in [1.29, 1.82) is 0 Å². The normalized spacial score (nSPS) is 13.6. The number of anilines is 1. The molecule has 1 aliphatic rings. The van der Waals surface area contributed by atoms with Crippen LogP contribution in [0.1, 0.15) is 5.56 Å². The van der Waals surface area contributed by atoms with Gasteiger partial charge in [0.1, 0.15) is 0 Å². The van der Waals surface area contributed by atoms with Gasteiger partial charge in [0.25, 0.3) is 0 Å². The second kappa shape index (κ2) is 8.49. The van der Waals surface area contributed by atoms with Crippen LogP contribution in [0.25, 0.3) is 0 Å². The van der Waals surface area contributed by atoms with Crippen LogP contribution in [0, 0.1) is 0 Å². The molecule has 0 saturated carbocycles. The zero-order valence-corrected chi connectivity index (χ0v) is 18.4. The maximum atomic E-state index is 13.9. The van der Waals surface area contributed by atoms with Gasteiger partial charge in [0.05, 0.1) is 0 Å². The second-order valence-electron chi connectivity index (χ2n) is 8.10. The summed E-state index contributed by atoms with van der Waals surface area (Å²) in [5, 5.41) is 3.81. The van der Waals surface area contributed by atoms with E-state index in [9.17, 15) is 4.79 Å². The summed E-state index contributed by atoms with van der Waals surface area (Å²) in [6.45, 7) is 0.765. The summed E-state index contributed by atoms with van der Waals surface area (Å²) >= 11 is 0. The van der Waals surface area contributed by atoms with E-state index >= 15 is 0 Å². The Balaban J connectivity index is 1.67. The molecule has 0 radical (unpaired) electrons. The Morgan fingerprint density at radius 1 is 0.645 bits per heavy atom. The molecule has 154 valence electrons. The first-order chi connectivity index (χ1) is 15.3. The molecule has 0 aromatic heterocycles. The van der Waals surface area contributed by atoms with Gasteiger partial charge in [0, 0.05) is 0 Å². The molecule has 0 atom stereocenters. The van der Waals surface area contributed by atoms with Crippen molar-refractivity contribution in [1.82, 2.24) is 0 Å². The minimum absolute atomic E-state index is 0.216. The molecule has 5 rings (SSSR count). The quantitative estimate of drug-likeness (QED) is 0.438. The Morgan fingerprint density at radius 3 is 1.61 bits per heavy atom. The number of fused-ring (bicyclic) bond motifs is 1. The topological polar surface area (TPSA) is 20.3 Å². The molecule has 0 fully saturated rings. The van der Waals surface area contributed by atoms with Crippen LogP contribution in [0.4, 0.5) is 5.69 Å². The fraction of sp³-hybridized carbons (Fsp3) is 0.107. The van der Waals surface area contributed by atoms with Crippen LogP contribution >= 0.6 is 7.26 Å². The van der Waals surface area contributed by atoms with Crippen molar-refractivity contribution < 1.29 is 4.79 Å². The molecule has 0 bridgehead atoms. The van der Waals surface area contributed by atoms with E-state index in [1.165, 1.54) is 21.5 Å². The van der Waals surface area contributed by atoms with Crippen LogP contribution in [0.15, 0.2) is 115 Å². The Morgan fingerprint density at radius 2 is 1.10 bits per heavy atom. The SMILES string of the molecule is O=C(C[PH](c1ccccc1)(c1ccccc1)c1ccccc1)N1CCc2ccccc21. The van der Waals surface area contributed by atoms with Crippen molar-refractivity contribution in [3.05, 3.63) is 121 Å². The second-order valence-corrected chi connectivity index (χ2v) is 12.0. The Hall–Kier alpha value is -3.22. The van der Waals surface area contributed by atoms with E-state index in [0.29, 0.717) is 6.16 Å². The van der Waals surface area contributed by atoms with Gasteiger partial charge < -0.3 is 0 Å². The zero-order valence-electron chi connectivity index (χ0n) is 17.4. The summed E-state index contributed by atoms with van der Waals surface area (Å²) in [7, 11) is -2.57. The third-order valence-electron chi connectivity index (χ3n) is 6.40. The summed E-state index contributed by atoms with van der Waals surface area (Å²) < 4.78 is 0. The van der Waals surface area contributed by atoms with Crippen LogP contribution in [-0.4, -0.2) is 18.6 Å². The third-order valence-corrected chi connectivity index (χ3v) is 11.2. The number of benzene rings is 4. The number of nitrogens with zero attached hydrogens (tertiary/aromatic N) is 1. The van der Waals surface area contributed by atoms with Gasteiger partial charge >= 0.3 is 184 Å². The molecule has 0 saturated heterocycles. The van der Waals surface area contributed by atoms with Gasteiger partial charge in [0.2, 0.25) is 0 Å². The standard InChI is InChI=1S/C28H26NOP/c30-28(29-21-20-23-12-10-11-19-27(23)29)22-31(24-13-4-1-5-14-24,25-15-6-2-7-16-25)26-17-8-3-9-18-26/h1-19,31H,20-22H2. The zero-order chi connectivity index (χ0) is 21.1. The predicted octanol–water partition coefficient (Wildman–Crippen LogP) is 4.30. The molecule has 3 heteroatoms. The molecule has 1 aliphatic heterocycles. The maximum absolute atomic E-state index is 13.9. The van der Waals surface area contributed by atoms with Gasteiger partial charge in [-0.3, -0.25) is 0 Å². The minimum atomic E-state index is -2.57. The molecule has 0 spiro atoms. The van der Waals surface area contributed by atoms with Gasteiger partial charge in [-0.2, -0.15) is 0 Å². The van der Waals surface area contributed by atoms with Crippen LogP contribution < -0.4 is 20.8 Å². The number of hydrogen-bond donors (Lipinski definition) is 0. The molecule has 4 aromatic carbocycles.